The molecule has 1 saturated heterocycles. The van der Waals surface area contributed by atoms with Crippen molar-refractivity contribution in [1.29, 1.82) is 0 Å². The highest BCUT2D eigenvalue weighted by atomic mass is 15.3. The van der Waals surface area contributed by atoms with Gasteiger partial charge < -0.3 is 11.1 Å². The SMILES string of the molecule is Cc1c(CCN)cnn1C1CCCNC1. The van der Waals surface area contributed by atoms with Crippen molar-refractivity contribution in [2.75, 3.05) is 19.6 Å². The van der Waals surface area contributed by atoms with E-state index in [1.54, 1.807) is 0 Å². The third-order valence-corrected chi connectivity index (χ3v) is 3.18. The summed E-state index contributed by atoms with van der Waals surface area (Å²) < 4.78 is 2.16. The maximum atomic E-state index is 5.57. The summed E-state index contributed by atoms with van der Waals surface area (Å²) in [4.78, 5) is 0. The highest BCUT2D eigenvalue weighted by Gasteiger charge is 2.18. The van der Waals surface area contributed by atoms with Crippen LogP contribution in [-0.4, -0.2) is 29.4 Å². The van der Waals surface area contributed by atoms with E-state index >= 15 is 0 Å². The zero-order chi connectivity index (χ0) is 10.7. The van der Waals surface area contributed by atoms with Gasteiger partial charge in [0.25, 0.3) is 0 Å². The van der Waals surface area contributed by atoms with Gasteiger partial charge in [-0.3, -0.25) is 4.68 Å². The summed E-state index contributed by atoms with van der Waals surface area (Å²) in [6.07, 6.45) is 5.39. The molecule has 1 aliphatic rings. The molecule has 0 spiro atoms. The van der Waals surface area contributed by atoms with Crippen molar-refractivity contribution in [1.82, 2.24) is 15.1 Å². The normalized spacial score (nSPS) is 21.9. The van der Waals surface area contributed by atoms with Crippen LogP contribution in [0.2, 0.25) is 0 Å². The van der Waals surface area contributed by atoms with Crippen LogP contribution in [0.15, 0.2) is 6.20 Å². The molecule has 84 valence electrons. The first-order valence-corrected chi connectivity index (χ1v) is 5.76. The molecular weight excluding hydrogens is 188 g/mol. The van der Waals surface area contributed by atoms with Crippen molar-refractivity contribution in [2.45, 2.75) is 32.2 Å². The third kappa shape index (κ3) is 2.21. The lowest BCUT2D eigenvalue weighted by Crippen LogP contribution is -2.32. The lowest BCUT2D eigenvalue weighted by molar-refractivity contribution is 0.341. The standard InChI is InChI=1S/C11H20N4/c1-9-10(4-5-12)7-14-15(9)11-3-2-6-13-8-11/h7,11,13H,2-6,8,12H2,1H3. The third-order valence-electron chi connectivity index (χ3n) is 3.18. The van der Waals surface area contributed by atoms with Crippen molar-refractivity contribution in [3.05, 3.63) is 17.5 Å². The summed E-state index contributed by atoms with van der Waals surface area (Å²) in [6.45, 7) is 5.04. The van der Waals surface area contributed by atoms with Crippen LogP contribution in [0.4, 0.5) is 0 Å². The van der Waals surface area contributed by atoms with Crippen molar-refractivity contribution in [3.63, 3.8) is 0 Å². The Bertz CT molecular complexity index is 312. The van der Waals surface area contributed by atoms with Crippen LogP contribution in [0, 0.1) is 6.92 Å². The van der Waals surface area contributed by atoms with Crippen LogP contribution < -0.4 is 11.1 Å². The van der Waals surface area contributed by atoms with E-state index < -0.39 is 0 Å². The Kier molecular flexibility index (Phi) is 3.38. The van der Waals surface area contributed by atoms with Gasteiger partial charge in [-0.15, -0.1) is 0 Å². The first-order valence-electron chi connectivity index (χ1n) is 5.76. The summed E-state index contributed by atoms with van der Waals surface area (Å²) in [5.74, 6) is 0. The number of aromatic nitrogens is 2. The molecule has 0 bridgehead atoms. The largest absolute Gasteiger partial charge is 0.330 e. The lowest BCUT2D eigenvalue weighted by atomic mass is 10.1. The molecule has 0 aliphatic carbocycles. The van der Waals surface area contributed by atoms with E-state index in [1.165, 1.54) is 24.1 Å². The molecule has 3 N–H and O–H groups in total. The van der Waals surface area contributed by atoms with Crippen LogP contribution in [0.25, 0.3) is 0 Å². The second kappa shape index (κ2) is 4.77. The molecule has 0 saturated carbocycles. The first kappa shape index (κ1) is 10.6. The lowest BCUT2D eigenvalue weighted by Gasteiger charge is -2.24. The summed E-state index contributed by atoms with van der Waals surface area (Å²) in [6, 6.07) is 0.533. The molecule has 4 nitrogen and oxygen atoms in total. The molecule has 1 fully saturated rings. The van der Waals surface area contributed by atoms with Gasteiger partial charge in [0.05, 0.1) is 12.2 Å². The van der Waals surface area contributed by atoms with Crippen LogP contribution in [0.5, 0.6) is 0 Å². The Labute approximate surface area is 90.8 Å². The monoisotopic (exact) mass is 208 g/mol. The molecule has 2 rings (SSSR count). The zero-order valence-corrected chi connectivity index (χ0v) is 9.37. The van der Waals surface area contributed by atoms with Crippen molar-refractivity contribution in [3.8, 4) is 0 Å². The highest BCUT2D eigenvalue weighted by molar-refractivity contribution is 5.17. The zero-order valence-electron chi connectivity index (χ0n) is 9.37. The fraction of sp³-hybridized carbons (Fsp3) is 0.727. The minimum Gasteiger partial charge on any atom is -0.330 e. The van der Waals surface area contributed by atoms with E-state index in [0.717, 1.165) is 19.5 Å². The van der Waals surface area contributed by atoms with Crippen molar-refractivity contribution < 1.29 is 0 Å². The van der Waals surface area contributed by atoms with Gasteiger partial charge in [-0.1, -0.05) is 0 Å². The number of piperidine rings is 1. The van der Waals surface area contributed by atoms with Gasteiger partial charge in [0.15, 0.2) is 0 Å². The number of hydrogen-bond acceptors (Lipinski definition) is 3. The van der Waals surface area contributed by atoms with Gasteiger partial charge in [-0.2, -0.15) is 5.10 Å². The minimum absolute atomic E-state index is 0.533. The van der Waals surface area contributed by atoms with Gasteiger partial charge in [0, 0.05) is 12.2 Å². The first-order chi connectivity index (χ1) is 7.33. The molecule has 4 heteroatoms. The van der Waals surface area contributed by atoms with E-state index in [1.807, 2.05) is 6.20 Å². The Morgan fingerprint density at radius 1 is 1.67 bits per heavy atom. The number of nitrogens with zero attached hydrogens (tertiary/aromatic N) is 2. The summed E-state index contributed by atoms with van der Waals surface area (Å²) in [5, 5.41) is 7.90. The number of nitrogens with two attached hydrogens (primary N) is 1. The summed E-state index contributed by atoms with van der Waals surface area (Å²) >= 11 is 0. The quantitative estimate of drug-likeness (QED) is 0.765. The van der Waals surface area contributed by atoms with Crippen molar-refractivity contribution in [2.24, 2.45) is 5.73 Å². The van der Waals surface area contributed by atoms with E-state index in [4.69, 9.17) is 5.73 Å². The molecule has 1 aliphatic heterocycles. The van der Waals surface area contributed by atoms with Crippen LogP contribution in [0.3, 0.4) is 0 Å². The Morgan fingerprint density at radius 2 is 2.53 bits per heavy atom. The molecular formula is C11H20N4. The van der Waals surface area contributed by atoms with Crippen molar-refractivity contribution >= 4 is 0 Å². The number of hydrogen-bond donors (Lipinski definition) is 2. The van der Waals surface area contributed by atoms with E-state index in [9.17, 15) is 0 Å². The molecule has 0 aromatic carbocycles. The maximum Gasteiger partial charge on any atom is 0.0647 e. The van der Waals surface area contributed by atoms with E-state index in [-0.39, 0.29) is 0 Å². The van der Waals surface area contributed by atoms with E-state index in [0.29, 0.717) is 12.6 Å². The molecule has 15 heavy (non-hydrogen) atoms. The minimum atomic E-state index is 0.533. The Morgan fingerprint density at radius 3 is 3.20 bits per heavy atom. The fourth-order valence-electron chi connectivity index (χ4n) is 2.27. The second-order valence-corrected chi connectivity index (χ2v) is 4.24. The van der Waals surface area contributed by atoms with Crippen LogP contribution in [0.1, 0.15) is 30.1 Å². The van der Waals surface area contributed by atoms with Crippen LogP contribution in [-0.2, 0) is 6.42 Å². The molecule has 1 atom stereocenters. The Balaban J connectivity index is 2.13. The molecule has 0 radical (unpaired) electrons. The molecule has 0 amide bonds. The van der Waals surface area contributed by atoms with Gasteiger partial charge in [-0.05, 0) is 44.8 Å². The summed E-state index contributed by atoms with van der Waals surface area (Å²) in [7, 11) is 0. The predicted octanol–water partition coefficient (Wildman–Crippen LogP) is 0.617. The molecule has 1 aromatic heterocycles. The molecule has 1 aromatic rings. The predicted molar refractivity (Wildman–Crippen MR) is 60.9 cm³/mol. The van der Waals surface area contributed by atoms with Gasteiger partial charge in [0.2, 0.25) is 0 Å². The van der Waals surface area contributed by atoms with E-state index in [2.05, 4.69) is 22.0 Å². The van der Waals surface area contributed by atoms with Gasteiger partial charge in [-0.25, -0.2) is 0 Å². The van der Waals surface area contributed by atoms with Crippen LogP contribution >= 0.6 is 0 Å². The fourth-order valence-corrected chi connectivity index (χ4v) is 2.27. The number of rotatable bonds is 3. The number of nitrogens with one attached hydrogen (secondary N) is 1. The molecule has 1 unspecified atom stereocenters. The second-order valence-electron chi connectivity index (χ2n) is 4.24. The highest BCUT2D eigenvalue weighted by Crippen LogP contribution is 2.19. The average molecular weight is 208 g/mol. The topological polar surface area (TPSA) is 55.9 Å². The molecule has 2 heterocycles. The summed E-state index contributed by atoms with van der Waals surface area (Å²) in [5.41, 5.74) is 8.15. The average Bonchev–Trinajstić information content (AvgIpc) is 2.63. The smallest absolute Gasteiger partial charge is 0.0647 e. The maximum absolute atomic E-state index is 5.57. The van der Waals surface area contributed by atoms with Gasteiger partial charge >= 0.3 is 0 Å². The Hall–Kier alpha value is -0.870. The van der Waals surface area contributed by atoms with Gasteiger partial charge in [0.1, 0.15) is 0 Å².